The largest absolute Gasteiger partial charge is 0.465 e. The van der Waals surface area contributed by atoms with Crippen LogP contribution in [-0.4, -0.2) is 49.2 Å². The third-order valence-corrected chi connectivity index (χ3v) is 4.10. The average molecular weight is 254 g/mol. The van der Waals surface area contributed by atoms with Crippen molar-refractivity contribution in [3.63, 3.8) is 0 Å². The van der Waals surface area contributed by atoms with Crippen LogP contribution in [0.3, 0.4) is 0 Å². The van der Waals surface area contributed by atoms with E-state index in [1.54, 1.807) is 0 Å². The number of rotatable bonds is 6. The number of likely N-dealkylation sites (tertiary alicyclic amines) is 1. The summed E-state index contributed by atoms with van der Waals surface area (Å²) in [6, 6.07) is 0.561. The first kappa shape index (κ1) is 13.8. The number of hydrogen-bond acceptors (Lipinski definition) is 4. The Bertz CT molecular complexity index is 271. The van der Waals surface area contributed by atoms with E-state index in [2.05, 4.69) is 10.2 Å². The zero-order valence-electron chi connectivity index (χ0n) is 11.7. The molecule has 1 saturated heterocycles. The molecule has 1 saturated carbocycles. The predicted octanol–water partition coefficient (Wildman–Crippen LogP) is 1.40. The number of esters is 1. The first-order valence-electron chi connectivity index (χ1n) is 7.34. The van der Waals surface area contributed by atoms with Crippen molar-refractivity contribution >= 4 is 5.97 Å². The molecule has 4 nitrogen and oxygen atoms in total. The molecule has 2 aliphatic rings. The Morgan fingerprint density at radius 3 is 2.56 bits per heavy atom. The fourth-order valence-corrected chi connectivity index (χ4v) is 2.56. The first-order chi connectivity index (χ1) is 8.70. The molecule has 18 heavy (non-hydrogen) atoms. The Balaban J connectivity index is 1.66. The summed E-state index contributed by atoms with van der Waals surface area (Å²) in [4.78, 5) is 13.9. The molecule has 1 aliphatic heterocycles. The minimum atomic E-state index is -0.0886. The van der Waals surface area contributed by atoms with Gasteiger partial charge in [-0.2, -0.15) is 0 Å². The minimum absolute atomic E-state index is 0.0816. The number of ether oxygens (including phenoxy) is 1. The number of piperidine rings is 1. The van der Waals surface area contributed by atoms with Crippen molar-refractivity contribution < 1.29 is 9.53 Å². The van der Waals surface area contributed by atoms with Crippen LogP contribution in [0.25, 0.3) is 0 Å². The maximum absolute atomic E-state index is 11.7. The van der Waals surface area contributed by atoms with Crippen molar-refractivity contribution in [1.29, 1.82) is 0 Å². The van der Waals surface area contributed by atoms with Gasteiger partial charge in [-0.1, -0.05) is 0 Å². The van der Waals surface area contributed by atoms with Gasteiger partial charge in [0.05, 0.1) is 6.61 Å². The summed E-state index contributed by atoms with van der Waals surface area (Å²) in [5.74, 6) is 0.864. The molecule has 1 aliphatic carbocycles. The van der Waals surface area contributed by atoms with Gasteiger partial charge >= 0.3 is 5.97 Å². The number of carbonyl (C=O) groups excluding carboxylic acids is 1. The molecule has 2 fully saturated rings. The van der Waals surface area contributed by atoms with Crippen LogP contribution in [0.15, 0.2) is 0 Å². The fourth-order valence-electron chi connectivity index (χ4n) is 2.56. The van der Waals surface area contributed by atoms with Crippen molar-refractivity contribution in [2.75, 3.05) is 26.2 Å². The van der Waals surface area contributed by atoms with Crippen LogP contribution in [0.5, 0.6) is 0 Å². The second-order valence-electron chi connectivity index (χ2n) is 5.59. The molecular weight excluding hydrogens is 228 g/mol. The van der Waals surface area contributed by atoms with E-state index < -0.39 is 0 Å². The highest BCUT2D eigenvalue weighted by Gasteiger charge is 2.28. The Hall–Kier alpha value is -0.610. The smallest absolute Gasteiger partial charge is 0.323 e. The van der Waals surface area contributed by atoms with Gasteiger partial charge in [-0.3, -0.25) is 9.69 Å². The highest BCUT2D eigenvalue weighted by Crippen LogP contribution is 2.28. The second-order valence-corrected chi connectivity index (χ2v) is 5.59. The highest BCUT2D eigenvalue weighted by atomic mass is 16.5. The number of hydrogen-bond donors (Lipinski definition) is 1. The van der Waals surface area contributed by atoms with Crippen LogP contribution < -0.4 is 5.32 Å². The van der Waals surface area contributed by atoms with Gasteiger partial charge in [-0.15, -0.1) is 0 Å². The molecule has 4 heteroatoms. The fraction of sp³-hybridized carbons (Fsp3) is 0.929. The van der Waals surface area contributed by atoms with E-state index in [4.69, 9.17) is 4.74 Å². The lowest BCUT2D eigenvalue weighted by molar-refractivity contribution is -0.149. The lowest BCUT2D eigenvalue weighted by atomic mass is 10.0. The van der Waals surface area contributed by atoms with Gasteiger partial charge in [0.15, 0.2) is 0 Å². The maximum atomic E-state index is 11.7. The topological polar surface area (TPSA) is 41.6 Å². The quantitative estimate of drug-likeness (QED) is 0.728. The summed E-state index contributed by atoms with van der Waals surface area (Å²) < 4.78 is 5.07. The average Bonchev–Trinajstić information content (AvgIpc) is 3.20. The summed E-state index contributed by atoms with van der Waals surface area (Å²) in [5, 5.41) is 3.65. The van der Waals surface area contributed by atoms with Crippen LogP contribution in [0.2, 0.25) is 0 Å². The lowest BCUT2D eigenvalue weighted by Gasteiger charge is -2.35. The van der Waals surface area contributed by atoms with Crippen LogP contribution in [0.1, 0.15) is 39.5 Å². The third kappa shape index (κ3) is 3.95. The van der Waals surface area contributed by atoms with Gasteiger partial charge in [0.1, 0.15) is 6.04 Å². The Morgan fingerprint density at radius 1 is 1.33 bits per heavy atom. The summed E-state index contributed by atoms with van der Waals surface area (Å²) in [6.07, 6.45) is 5.12. The van der Waals surface area contributed by atoms with Gasteiger partial charge in [0.25, 0.3) is 0 Å². The van der Waals surface area contributed by atoms with E-state index >= 15 is 0 Å². The lowest BCUT2D eigenvalue weighted by Crippen LogP contribution is -2.48. The minimum Gasteiger partial charge on any atom is -0.465 e. The predicted molar refractivity (Wildman–Crippen MR) is 71.4 cm³/mol. The van der Waals surface area contributed by atoms with Crippen molar-refractivity contribution in [1.82, 2.24) is 10.2 Å². The standard InChI is InChI=1S/C14H26N2O2/c1-3-18-14(17)11(2)16-8-6-13(7-9-16)15-10-12-4-5-12/h11-13,15H,3-10H2,1-2H3. The molecule has 0 bridgehead atoms. The van der Waals surface area contributed by atoms with E-state index in [-0.39, 0.29) is 12.0 Å². The zero-order valence-corrected chi connectivity index (χ0v) is 11.7. The molecule has 0 spiro atoms. The Morgan fingerprint density at radius 2 is 2.00 bits per heavy atom. The van der Waals surface area contributed by atoms with Crippen molar-refractivity contribution in [2.45, 2.75) is 51.6 Å². The second kappa shape index (κ2) is 6.53. The summed E-state index contributed by atoms with van der Waals surface area (Å²) >= 11 is 0. The van der Waals surface area contributed by atoms with Crippen molar-refractivity contribution in [3.8, 4) is 0 Å². The van der Waals surface area contributed by atoms with E-state index in [9.17, 15) is 4.79 Å². The van der Waals surface area contributed by atoms with Gasteiger partial charge in [0, 0.05) is 19.1 Å². The van der Waals surface area contributed by atoms with Crippen LogP contribution in [-0.2, 0) is 9.53 Å². The monoisotopic (exact) mass is 254 g/mol. The van der Waals surface area contributed by atoms with E-state index in [0.29, 0.717) is 12.6 Å². The molecule has 1 heterocycles. The Kier molecular flexibility index (Phi) is 5.01. The van der Waals surface area contributed by atoms with E-state index in [1.165, 1.54) is 19.4 Å². The number of carbonyl (C=O) groups is 1. The van der Waals surface area contributed by atoms with Crippen LogP contribution >= 0.6 is 0 Å². The molecule has 104 valence electrons. The molecule has 0 aromatic heterocycles. The third-order valence-electron chi connectivity index (χ3n) is 4.10. The van der Waals surface area contributed by atoms with Crippen LogP contribution in [0, 0.1) is 5.92 Å². The van der Waals surface area contributed by atoms with Gasteiger partial charge in [-0.25, -0.2) is 0 Å². The number of nitrogens with zero attached hydrogens (tertiary/aromatic N) is 1. The highest BCUT2D eigenvalue weighted by molar-refractivity contribution is 5.75. The molecule has 0 aromatic carbocycles. The molecule has 1 atom stereocenters. The molecule has 1 N–H and O–H groups in total. The normalized spacial score (nSPS) is 23.9. The molecule has 0 aromatic rings. The molecule has 0 amide bonds. The Labute approximate surface area is 110 Å². The SMILES string of the molecule is CCOC(=O)C(C)N1CCC(NCC2CC2)CC1. The first-order valence-corrected chi connectivity index (χ1v) is 7.34. The van der Waals surface area contributed by atoms with E-state index in [1.807, 2.05) is 13.8 Å². The summed E-state index contributed by atoms with van der Waals surface area (Å²) in [5.41, 5.74) is 0. The van der Waals surface area contributed by atoms with Crippen molar-refractivity contribution in [3.05, 3.63) is 0 Å². The van der Waals surface area contributed by atoms with Gasteiger partial charge < -0.3 is 10.1 Å². The van der Waals surface area contributed by atoms with E-state index in [0.717, 1.165) is 31.8 Å². The van der Waals surface area contributed by atoms with Crippen LogP contribution in [0.4, 0.5) is 0 Å². The zero-order chi connectivity index (χ0) is 13.0. The van der Waals surface area contributed by atoms with Gasteiger partial charge in [-0.05, 0) is 52.0 Å². The molecule has 2 rings (SSSR count). The summed E-state index contributed by atoms with van der Waals surface area (Å²) in [7, 11) is 0. The molecular formula is C14H26N2O2. The molecule has 1 unspecified atom stereocenters. The van der Waals surface area contributed by atoms with Gasteiger partial charge in [0.2, 0.25) is 0 Å². The maximum Gasteiger partial charge on any atom is 0.323 e. The molecule has 0 radical (unpaired) electrons. The van der Waals surface area contributed by atoms with Crippen molar-refractivity contribution in [2.24, 2.45) is 5.92 Å². The number of nitrogens with one attached hydrogen (secondary N) is 1. The summed E-state index contributed by atoms with van der Waals surface area (Å²) in [6.45, 7) is 7.49.